The Morgan fingerprint density at radius 3 is 2.35 bits per heavy atom. The number of hydrogen-bond acceptors (Lipinski definition) is 2. The van der Waals surface area contributed by atoms with Crippen molar-refractivity contribution in [2.75, 3.05) is 5.75 Å². The van der Waals surface area contributed by atoms with E-state index in [1.165, 1.54) is 57.1 Å². The first kappa shape index (κ1) is 15.6. The van der Waals surface area contributed by atoms with Gasteiger partial charge < -0.3 is 5.11 Å². The molecule has 2 heteroatoms. The van der Waals surface area contributed by atoms with Gasteiger partial charge in [-0.1, -0.05) is 13.8 Å². The Morgan fingerprint density at radius 2 is 1.61 bits per heavy atom. The summed E-state index contributed by atoms with van der Waals surface area (Å²) in [7, 11) is 0. The molecule has 8 atom stereocenters. The van der Waals surface area contributed by atoms with Crippen LogP contribution in [0.15, 0.2) is 0 Å². The van der Waals surface area contributed by atoms with Crippen LogP contribution in [0, 0.1) is 34.5 Å². The van der Waals surface area contributed by atoms with Crippen molar-refractivity contribution < 1.29 is 5.11 Å². The average molecular weight is 335 g/mol. The molecule has 1 aliphatic heterocycles. The molecule has 0 aromatic rings. The van der Waals surface area contributed by atoms with Crippen molar-refractivity contribution in [3.8, 4) is 0 Å². The van der Waals surface area contributed by atoms with Crippen LogP contribution in [-0.4, -0.2) is 21.2 Å². The molecule has 1 N–H and O–H groups in total. The first-order chi connectivity index (χ1) is 10.8. The molecule has 5 aliphatic rings. The average Bonchev–Trinajstić information content (AvgIpc) is 3.21. The molecule has 1 saturated heterocycles. The van der Waals surface area contributed by atoms with Crippen LogP contribution in [0.3, 0.4) is 0 Å². The second kappa shape index (κ2) is 4.53. The number of rotatable bonds is 0. The minimum absolute atomic E-state index is 0.194. The van der Waals surface area contributed by atoms with E-state index in [1.54, 1.807) is 0 Å². The van der Waals surface area contributed by atoms with Crippen LogP contribution in [0.1, 0.15) is 78.6 Å². The van der Waals surface area contributed by atoms with Gasteiger partial charge in [0.1, 0.15) is 0 Å². The molecule has 4 aliphatic carbocycles. The van der Waals surface area contributed by atoms with Crippen LogP contribution in [-0.2, 0) is 0 Å². The molecule has 0 bridgehead atoms. The zero-order valence-electron chi connectivity index (χ0n) is 15.2. The maximum Gasteiger partial charge on any atom is 0.0675 e. The van der Waals surface area contributed by atoms with Gasteiger partial charge in [0, 0.05) is 10.5 Å². The standard InChI is InChI=1S/C21H34OS/c1-18-10-11-21(13-23-21)12-14(18)4-5-15-16(18)6-8-19(2)17(15)7-9-20(19,3)22/h14-17,22H,4-13H2,1-3H3/t14-,15+,16+,17+,18-,19-,20-,21-/m0/s1. The van der Waals surface area contributed by atoms with Gasteiger partial charge in [0.15, 0.2) is 0 Å². The second-order valence-corrected chi connectivity index (χ2v) is 12.0. The summed E-state index contributed by atoms with van der Waals surface area (Å²) in [6, 6.07) is 0. The third-order valence-corrected chi connectivity index (χ3v) is 11.4. The number of aliphatic hydroxyl groups is 1. The van der Waals surface area contributed by atoms with Crippen LogP contribution < -0.4 is 0 Å². The van der Waals surface area contributed by atoms with Gasteiger partial charge in [-0.15, -0.1) is 0 Å². The fourth-order valence-corrected chi connectivity index (χ4v) is 8.95. The molecule has 0 aromatic heterocycles. The van der Waals surface area contributed by atoms with Gasteiger partial charge in [0.2, 0.25) is 0 Å². The molecular formula is C21H34OS. The minimum atomic E-state index is -0.415. The Kier molecular flexibility index (Phi) is 3.06. The summed E-state index contributed by atoms with van der Waals surface area (Å²) in [5, 5.41) is 11.0. The lowest BCUT2D eigenvalue weighted by Crippen LogP contribution is -2.56. The first-order valence-corrected chi connectivity index (χ1v) is 11.1. The van der Waals surface area contributed by atoms with Crippen molar-refractivity contribution in [2.24, 2.45) is 34.5 Å². The smallest absolute Gasteiger partial charge is 0.0675 e. The zero-order chi connectivity index (χ0) is 16.1. The molecule has 130 valence electrons. The third kappa shape index (κ3) is 1.92. The van der Waals surface area contributed by atoms with Crippen LogP contribution in [0.25, 0.3) is 0 Å². The summed E-state index contributed by atoms with van der Waals surface area (Å²) < 4.78 is 0.733. The van der Waals surface area contributed by atoms with E-state index in [-0.39, 0.29) is 5.41 Å². The second-order valence-electron chi connectivity index (χ2n) is 10.6. The van der Waals surface area contributed by atoms with Crippen molar-refractivity contribution in [1.29, 1.82) is 0 Å². The highest BCUT2D eigenvalue weighted by Gasteiger charge is 2.64. The fourth-order valence-electron chi connectivity index (χ4n) is 7.92. The van der Waals surface area contributed by atoms with Crippen LogP contribution in [0.5, 0.6) is 0 Å². The Bertz CT molecular complexity index is 524. The highest BCUT2D eigenvalue weighted by Crippen LogP contribution is 2.71. The molecule has 0 amide bonds. The van der Waals surface area contributed by atoms with Crippen molar-refractivity contribution in [1.82, 2.24) is 0 Å². The molecule has 5 fully saturated rings. The summed E-state index contributed by atoms with van der Waals surface area (Å²) in [5.41, 5.74) is 0.397. The van der Waals surface area contributed by atoms with Gasteiger partial charge in [-0.05, 0) is 99.2 Å². The number of fused-ring (bicyclic) bond motifs is 5. The number of hydrogen-bond donors (Lipinski definition) is 1. The van der Waals surface area contributed by atoms with E-state index in [0.717, 1.165) is 34.8 Å². The zero-order valence-corrected chi connectivity index (χ0v) is 16.1. The van der Waals surface area contributed by atoms with Gasteiger partial charge >= 0.3 is 0 Å². The summed E-state index contributed by atoms with van der Waals surface area (Å²) in [6.07, 6.45) is 12.4. The van der Waals surface area contributed by atoms with E-state index < -0.39 is 5.60 Å². The minimum Gasteiger partial charge on any atom is -0.390 e. The lowest BCUT2D eigenvalue weighted by molar-refractivity contribution is -0.146. The third-order valence-electron chi connectivity index (χ3n) is 9.92. The van der Waals surface area contributed by atoms with Gasteiger partial charge in [0.25, 0.3) is 0 Å². The fraction of sp³-hybridized carbons (Fsp3) is 1.00. The summed E-state index contributed by atoms with van der Waals surface area (Å²) in [4.78, 5) is 0. The topological polar surface area (TPSA) is 20.2 Å². The molecule has 0 aromatic carbocycles. The van der Waals surface area contributed by atoms with E-state index >= 15 is 0 Å². The van der Waals surface area contributed by atoms with Crippen LogP contribution in [0.2, 0.25) is 0 Å². The Labute approximate surface area is 146 Å². The molecule has 4 saturated carbocycles. The van der Waals surface area contributed by atoms with Crippen LogP contribution >= 0.6 is 11.8 Å². The first-order valence-electron chi connectivity index (χ1n) is 10.2. The highest BCUT2D eigenvalue weighted by molar-refractivity contribution is 8.07. The lowest BCUT2D eigenvalue weighted by Gasteiger charge is -2.61. The summed E-state index contributed by atoms with van der Waals surface area (Å²) in [6.45, 7) is 7.23. The Hall–Kier alpha value is 0.310. The van der Waals surface area contributed by atoms with Gasteiger partial charge in [0.05, 0.1) is 5.60 Å². The molecular weight excluding hydrogens is 300 g/mol. The van der Waals surface area contributed by atoms with E-state index in [4.69, 9.17) is 0 Å². The molecule has 5 rings (SSSR count). The quantitative estimate of drug-likeness (QED) is 0.609. The maximum atomic E-state index is 11.0. The Morgan fingerprint density at radius 1 is 0.870 bits per heavy atom. The van der Waals surface area contributed by atoms with E-state index in [2.05, 4.69) is 32.5 Å². The van der Waals surface area contributed by atoms with Crippen molar-refractivity contribution in [3.05, 3.63) is 0 Å². The van der Waals surface area contributed by atoms with Gasteiger partial charge in [-0.25, -0.2) is 0 Å². The molecule has 0 unspecified atom stereocenters. The van der Waals surface area contributed by atoms with Gasteiger partial charge in [-0.3, -0.25) is 0 Å². The summed E-state index contributed by atoms with van der Waals surface area (Å²) >= 11 is 2.26. The SMILES string of the molecule is C[C@]12CC[C@@]3(CS3)C[C@@H]1CC[C@@H]1[C@H]2CC[C@@]2(C)[C@@H]1CC[C@]2(C)O. The highest BCUT2D eigenvalue weighted by atomic mass is 32.2. The van der Waals surface area contributed by atoms with E-state index in [9.17, 15) is 5.11 Å². The molecule has 23 heavy (non-hydrogen) atoms. The van der Waals surface area contributed by atoms with Crippen molar-refractivity contribution in [3.63, 3.8) is 0 Å². The summed E-state index contributed by atoms with van der Waals surface area (Å²) in [5.74, 6) is 5.11. The van der Waals surface area contributed by atoms with Crippen molar-refractivity contribution in [2.45, 2.75) is 88.9 Å². The number of thioether (sulfide) groups is 1. The van der Waals surface area contributed by atoms with E-state index in [0.29, 0.717) is 5.41 Å². The molecule has 1 spiro atoms. The molecule has 1 heterocycles. The van der Waals surface area contributed by atoms with E-state index in [1.807, 2.05) is 0 Å². The maximum absolute atomic E-state index is 11.0. The Balaban J connectivity index is 1.45. The van der Waals surface area contributed by atoms with Crippen molar-refractivity contribution >= 4 is 11.8 Å². The molecule has 1 nitrogen and oxygen atoms in total. The molecule has 0 radical (unpaired) electrons. The predicted octanol–water partition coefficient (Wildman–Crippen LogP) is 5.27. The monoisotopic (exact) mass is 334 g/mol. The normalized spacial score (nSPS) is 64.2. The van der Waals surface area contributed by atoms with Gasteiger partial charge in [-0.2, -0.15) is 11.8 Å². The largest absolute Gasteiger partial charge is 0.390 e. The lowest BCUT2D eigenvalue weighted by atomic mass is 9.44. The van der Waals surface area contributed by atoms with Crippen LogP contribution in [0.4, 0.5) is 0 Å². The predicted molar refractivity (Wildman–Crippen MR) is 97.5 cm³/mol.